The molecule has 0 saturated carbocycles. The van der Waals surface area contributed by atoms with Gasteiger partial charge in [0.05, 0.1) is 34.2 Å². The zero-order valence-electron chi connectivity index (χ0n) is 45.7. The van der Waals surface area contributed by atoms with E-state index >= 15 is 8.78 Å². The number of ether oxygens (including phenoxy) is 3. The van der Waals surface area contributed by atoms with E-state index in [1.54, 1.807) is 29.9 Å². The Labute approximate surface area is 462 Å². The molecule has 7 saturated heterocycles. The molecule has 3 aromatic carbocycles. The maximum atomic E-state index is 17.4. The number of halogens is 2. The number of carbonyl (C=O) groups excluding carboxylic acids is 3. The zero-order chi connectivity index (χ0) is 55.0. The highest BCUT2D eigenvalue weighted by Gasteiger charge is 2.51. The van der Waals surface area contributed by atoms with Gasteiger partial charge in [-0.3, -0.25) is 33.9 Å². The number of imidazole rings is 1. The fraction of sp³-hybridized carbons (Fsp3) is 0.550. The first-order valence-corrected chi connectivity index (χ1v) is 29.1. The van der Waals surface area contributed by atoms with Gasteiger partial charge in [-0.1, -0.05) is 19.1 Å². The third kappa shape index (κ3) is 9.41. The summed E-state index contributed by atoms with van der Waals surface area (Å²) in [6.45, 7) is 9.47. The lowest BCUT2D eigenvalue weighted by atomic mass is 9.86. The van der Waals surface area contributed by atoms with Crippen molar-refractivity contribution >= 4 is 56.4 Å². The molecule has 2 N–H and O–H groups in total. The van der Waals surface area contributed by atoms with E-state index in [2.05, 4.69) is 37.1 Å². The molecular weight excluding hydrogens is 1030 g/mol. The van der Waals surface area contributed by atoms with Crippen molar-refractivity contribution in [2.45, 2.75) is 126 Å². The Morgan fingerprint density at radius 1 is 0.900 bits per heavy atom. The van der Waals surface area contributed by atoms with E-state index in [-0.39, 0.29) is 83.0 Å². The summed E-state index contributed by atoms with van der Waals surface area (Å²) in [5.41, 5.74) is 2.47. The summed E-state index contributed by atoms with van der Waals surface area (Å²) in [7, 11) is 1.74. The van der Waals surface area contributed by atoms with Gasteiger partial charge >= 0.3 is 17.8 Å². The summed E-state index contributed by atoms with van der Waals surface area (Å²) >= 11 is 0. The molecule has 7 aliphatic heterocycles. The van der Waals surface area contributed by atoms with Crippen LogP contribution in [0.25, 0.3) is 44.0 Å². The lowest BCUT2D eigenvalue weighted by molar-refractivity contribution is -0.151. The Hall–Kier alpha value is -6.77. The molecule has 422 valence electrons. The van der Waals surface area contributed by atoms with Crippen LogP contribution in [-0.4, -0.2) is 151 Å². The third-order valence-corrected chi connectivity index (χ3v) is 19.2. The highest BCUT2D eigenvalue weighted by atomic mass is 19.1. The maximum absolute atomic E-state index is 17.4. The second-order valence-corrected chi connectivity index (χ2v) is 23.8. The minimum absolute atomic E-state index is 0.0272. The number of fused-ring (bicyclic) bond motifs is 4. The van der Waals surface area contributed by atoms with Crippen LogP contribution in [0, 0.1) is 17.6 Å². The summed E-state index contributed by atoms with van der Waals surface area (Å²) in [5, 5.41) is 14.7. The average Bonchev–Trinajstić information content (AvgIpc) is 4.16. The number of phenols is 1. The second kappa shape index (κ2) is 21.0. The highest BCUT2D eigenvalue weighted by Crippen LogP contribution is 2.45. The Balaban J connectivity index is 0.633. The van der Waals surface area contributed by atoms with Gasteiger partial charge in [0, 0.05) is 70.4 Å². The van der Waals surface area contributed by atoms with Crippen molar-refractivity contribution in [2.75, 3.05) is 77.1 Å². The summed E-state index contributed by atoms with van der Waals surface area (Å²) in [6.07, 6.45) is 12.3. The summed E-state index contributed by atoms with van der Waals surface area (Å²) in [4.78, 5) is 74.9. The Morgan fingerprint density at radius 2 is 1.71 bits per heavy atom. The van der Waals surface area contributed by atoms with Crippen LogP contribution in [0.4, 0.5) is 19.4 Å². The number of benzene rings is 3. The number of aromatic hydroxyl groups is 1. The Kier molecular flexibility index (Phi) is 13.8. The Morgan fingerprint density at radius 3 is 2.49 bits per heavy atom. The Bertz CT molecular complexity index is 3500. The molecule has 0 radical (unpaired) electrons. The largest absolute Gasteiger partial charge is 0.508 e. The van der Waals surface area contributed by atoms with Crippen LogP contribution in [-0.2, 0) is 32.5 Å². The number of hydrogen-bond donors (Lipinski definition) is 2. The number of piperidine rings is 4. The number of nitrogens with one attached hydrogen (secondary N) is 1. The van der Waals surface area contributed by atoms with Crippen molar-refractivity contribution in [1.82, 2.24) is 44.1 Å². The number of likely N-dealkylation sites (tertiary alicyclic amines) is 2. The molecule has 20 heteroatoms. The normalized spacial score (nSPS) is 25.2. The monoisotopic (exact) mass is 1100 g/mol. The molecule has 80 heavy (non-hydrogen) atoms. The van der Waals surface area contributed by atoms with Gasteiger partial charge in [0.25, 0.3) is 0 Å². The van der Waals surface area contributed by atoms with E-state index in [0.717, 1.165) is 102 Å². The summed E-state index contributed by atoms with van der Waals surface area (Å²) < 4.78 is 54.6. The highest BCUT2D eigenvalue weighted by molar-refractivity contribution is 6.02. The first kappa shape index (κ1) is 52.6. The summed E-state index contributed by atoms with van der Waals surface area (Å²) in [6, 6.07) is 11.4. The van der Waals surface area contributed by atoms with E-state index in [1.165, 1.54) is 22.3 Å². The number of anilines is 1. The molecule has 10 heterocycles. The van der Waals surface area contributed by atoms with Crippen LogP contribution < -0.4 is 20.6 Å². The predicted molar refractivity (Wildman–Crippen MR) is 296 cm³/mol. The fourth-order valence-corrected chi connectivity index (χ4v) is 14.8. The van der Waals surface area contributed by atoms with Crippen molar-refractivity contribution in [2.24, 2.45) is 13.0 Å². The van der Waals surface area contributed by atoms with Crippen molar-refractivity contribution < 1.29 is 42.5 Å². The minimum Gasteiger partial charge on any atom is -0.508 e. The standard InChI is InChI=1S/C60H70F2N10O8/c1-3-42-45(61)8-6-39-28-41(73)30-43(50(39)42)52-51(62)53-44(31-63-52)54(70-21-5-18-60(34-70)20-27-80-60)66-56(65-53)79-35-59-17-4-22-71(59)40(12-19-59)33-78-58(77)69-25-13-36(14-26-69)32-68-23-15-37(16-24-68)38-7-9-46-48(29-38)67(2)57(76)72(46)47-10-11-49(74)64-55(47)75/h6-9,28-31,36-37,40,47,73H,3-5,10-27,32-35H2,1-2H3,(H,64,74,75)/t40-,47?,59-,60-/m1/s1. The van der Waals surface area contributed by atoms with Gasteiger partial charge in [-0.25, -0.2) is 18.4 Å². The molecule has 6 aromatic rings. The van der Waals surface area contributed by atoms with Crippen molar-refractivity contribution in [1.29, 1.82) is 0 Å². The van der Waals surface area contributed by atoms with E-state index in [9.17, 15) is 24.3 Å². The zero-order valence-corrected chi connectivity index (χ0v) is 45.7. The molecule has 4 atom stereocenters. The first-order chi connectivity index (χ1) is 38.8. The number of hydrogen-bond acceptors (Lipinski definition) is 14. The predicted octanol–water partition coefficient (Wildman–Crippen LogP) is 7.89. The van der Waals surface area contributed by atoms with Gasteiger partial charge in [-0.2, -0.15) is 9.97 Å². The number of pyridine rings is 1. The number of nitrogens with zero attached hydrogens (tertiary/aromatic N) is 9. The number of aromatic nitrogens is 5. The molecule has 0 bridgehead atoms. The van der Waals surface area contributed by atoms with Crippen molar-refractivity contribution in [3.63, 3.8) is 0 Å². The third-order valence-electron chi connectivity index (χ3n) is 19.2. The van der Waals surface area contributed by atoms with E-state index < -0.39 is 23.6 Å². The molecule has 7 fully saturated rings. The van der Waals surface area contributed by atoms with Crippen molar-refractivity contribution in [3.05, 3.63) is 81.9 Å². The number of amides is 3. The van der Waals surface area contributed by atoms with Gasteiger partial charge in [0.15, 0.2) is 5.82 Å². The first-order valence-electron chi connectivity index (χ1n) is 29.1. The van der Waals surface area contributed by atoms with Gasteiger partial charge in [0.2, 0.25) is 11.8 Å². The number of aryl methyl sites for hydroxylation is 2. The van der Waals surface area contributed by atoms with Crippen LogP contribution in [0.5, 0.6) is 11.8 Å². The van der Waals surface area contributed by atoms with Gasteiger partial charge < -0.3 is 34.0 Å². The number of phenolic OH excluding ortho intramolecular Hbond substituents is 1. The second-order valence-electron chi connectivity index (χ2n) is 23.8. The molecule has 7 aliphatic rings. The molecule has 1 unspecified atom stereocenters. The smallest absolute Gasteiger partial charge is 0.409 e. The number of imide groups is 1. The lowest BCUT2D eigenvalue weighted by Crippen LogP contribution is -2.56. The molecule has 3 amide bonds. The quantitative estimate of drug-likeness (QED) is 0.113. The lowest BCUT2D eigenvalue weighted by Gasteiger charge is -2.48. The molecular formula is C60H70F2N10O8. The van der Waals surface area contributed by atoms with Crippen molar-refractivity contribution in [3.8, 4) is 23.0 Å². The van der Waals surface area contributed by atoms with E-state index in [4.69, 9.17) is 24.2 Å². The van der Waals surface area contributed by atoms with Gasteiger partial charge in [0.1, 0.15) is 47.9 Å². The molecule has 13 rings (SSSR count). The molecule has 3 aromatic heterocycles. The average molecular weight is 1100 g/mol. The minimum atomic E-state index is -0.712. The van der Waals surface area contributed by atoms with Crippen LogP contribution in [0.1, 0.15) is 113 Å². The molecule has 0 aliphatic carbocycles. The number of rotatable bonds is 12. The SMILES string of the molecule is CCc1c(F)ccc2cc(O)cc(-c3ncc4c(N5CCC[C@@]6(CCO6)C5)nc(OC[C@]56CCCN5[C@@H](COC(=O)N5CCC(CN7CCC(c8ccc9c(c8)n(C)c(=O)n9C8CCC(=O)NC8=O)CC7)CC5)CC6)nc4c3F)c12. The van der Waals surface area contributed by atoms with Gasteiger partial charge in [-0.15, -0.1) is 0 Å². The van der Waals surface area contributed by atoms with Crippen LogP contribution >= 0.6 is 0 Å². The van der Waals surface area contributed by atoms with Crippen LogP contribution in [0.2, 0.25) is 0 Å². The molecule has 18 nitrogen and oxygen atoms in total. The summed E-state index contributed by atoms with van der Waals surface area (Å²) in [5.74, 6) is -0.595. The van der Waals surface area contributed by atoms with E-state index in [0.29, 0.717) is 90.5 Å². The van der Waals surface area contributed by atoms with Crippen LogP contribution in [0.15, 0.2) is 53.5 Å². The topological polar surface area (TPSA) is 190 Å². The van der Waals surface area contributed by atoms with Crippen LogP contribution in [0.3, 0.4) is 0 Å². The van der Waals surface area contributed by atoms with Gasteiger partial charge in [-0.05, 0) is 161 Å². The number of carbonyl (C=O) groups is 3. The van der Waals surface area contributed by atoms with E-state index in [1.807, 2.05) is 17.9 Å². The maximum Gasteiger partial charge on any atom is 0.409 e. The molecule has 1 spiro atoms. The fourth-order valence-electron chi connectivity index (χ4n) is 14.8.